The van der Waals surface area contributed by atoms with Crippen LogP contribution in [0.15, 0.2) is 52.9 Å². The van der Waals surface area contributed by atoms with Crippen molar-refractivity contribution in [3.8, 4) is 23.3 Å². The molecule has 0 spiro atoms. The van der Waals surface area contributed by atoms with Gasteiger partial charge in [-0.25, -0.2) is 4.98 Å². The van der Waals surface area contributed by atoms with Crippen molar-refractivity contribution in [2.75, 3.05) is 26.0 Å². The van der Waals surface area contributed by atoms with Crippen molar-refractivity contribution in [2.45, 2.75) is 4.34 Å². The van der Waals surface area contributed by atoms with E-state index in [0.717, 1.165) is 14.6 Å². The first kappa shape index (κ1) is 19.1. The van der Waals surface area contributed by atoms with Crippen molar-refractivity contribution in [3.05, 3.63) is 48.5 Å². The maximum absolute atomic E-state index is 11.9. The van der Waals surface area contributed by atoms with Crippen molar-refractivity contribution in [3.63, 3.8) is 0 Å². The van der Waals surface area contributed by atoms with E-state index >= 15 is 0 Å². The Balaban J connectivity index is 1.36. The van der Waals surface area contributed by atoms with Gasteiger partial charge in [-0.3, -0.25) is 4.79 Å². The number of nitrogens with zero attached hydrogens (tertiary/aromatic N) is 1. The van der Waals surface area contributed by atoms with Crippen LogP contribution in [-0.4, -0.2) is 36.9 Å². The number of carbonyl (C=O) groups is 1. The molecule has 0 aliphatic heterocycles. The van der Waals surface area contributed by atoms with Crippen molar-refractivity contribution in [2.24, 2.45) is 0 Å². The maximum atomic E-state index is 11.9. The second kappa shape index (κ2) is 9.86. The Morgan fingerprint density at radius 2 is 1.93 bits per heavy atom. The highest BCUT2D eigenvalue weighted by Crippen LogP contribution is 2.29. The van der Waals surface area contributed by atoms with Crippen LogP contribution in [0.4, 0.5) is 0 Å². The van der Waals surface area contributed by atoms with Gasteiger partial charge in [-0.2, -0.15) is 0 Å². The van der Waals surface area contributed by atoms with Crippen LogP contribution in [0, 0.1) is 11.8 Å². The summed E-state index contributed by atoms with van der Waals surface area (Å²) in [6, 6.07) is 15.3. The smallest absolute Gasteiger partial charge is 0.231 e. The van der Waals surface area contributed by atoms with Gasteiger partial charge in [0.25, 0.3) is 0 Å². The molecule has 138 valence electrons. The maximum Gasteiger partial charge on any atom is 0.231 e. The van der Waals surface area contributed by atoms with Crippen LogP contribution in [0.3, 0.4) is 0 Å². The molecule has 1 aromatic heterocycles. The summed E-state index contributed by atoms with van der Waals surface area (Å²) in [4.78, 5) is 16.4. The summed E-state index contributed by atoms with van der Waals surface area (Å²) < 4.78 is 12.8. The van der Waals surface area contributed by atoms with Crippen LogP contribution in [0.2, 0.25) is 0 Å². The largest absolute Gasteiger partial charge is 0.493 e. The molecule has 1 N–H and O–H groups in total. The molecule has 0 aliphatic rings. The van der Waals surface area contributed by atoms with Gasteiger partial charge in [0.2, 0.25) is 5.91 Å². The monoisotopic (exact) mass is 398 g/mol. The van der Waals surface area contributed by atoms with Crippen molar-refractivity contribution in [1.82, 2.24) is 10.3 Å². The summed E-state index contributed by atoms with van der Waals surface area (Å²) in [7, 11) is 1.59. The van der Waals surface area contributed by atoms with Gasteiger partial charge in [0, 0.05) is 0 Å². The van der Waals surface area contributed by atoms with Crippen LogP contribution in [0.5, 0.6) is 11.5 Å². The number of amides is 1. The molecule has 2 aromatic carbocycles. The second-order valence-electron chi connectivity index (χ2n) is 5.31. The minimum Gasteiger partial charge on any atom is -0.493 e. The Morgan fingerprint density at radius 1 is 1.15 bits per heavy atom. The van der Waals surface area contributed by atoms with E-state index in [1.165, 1.54) is 11.8 Å². The van der Waals surface area contributed by atoms with E-state index in [0.29, 0.717) is 17.3 Å². The van der Waals surface area contributed by atoms with Crippen molar-refractivity contribution < 1.29 is 14.3 Å². The number of hydrogen-bond acceptors (Lipinski definition) is 6. The van der Waals surface area contributed by atoms with Crippen LogP contribution >= 0.6 is 23.1 Å². The van der Waals surface area contributed by atoms with Crippen LogP contribution in [0.25, 0.3) is 10.2 Å². The number of fused-ring (bicyclic) bond motifs is 1. The molecule has 0 unspecified atom stereocenters. The van der Waals surface area contributed by atoms with Gasteiger partial charge in [-0.05, 0) is 24.3 Å². The molecule has 0 radical (unpaired) electrons. The summed E-state index contributed by atoms with van der Waals surface area (Å²) in [5.41, 5.74) is 0.964. The zero-order valence-corrected chi connectivity index (χ0v) is 16.4. The van der Waals surface area contributed by atoms with Crippen LogP contribution < -0.4 is 14.8 Å². The fourth-order valence-electron chi connectivity index (χ4n) is 2.20. The average Bonchev–Trinajstić information content (AvgIpc) is 3.12. The first-order valence-corrected chi connectivity index (χ1v) is 10.0. The molecule has 3 rings (SSSR count). The van der Waals surface area contributed by atoms with Crippen molar-refractivity contribution >= 4 is 39.2 Å². The Hall–Kier alpha value is -2.69. The molecule has 0 saturated carbocycles. The fraction of sp³-hybridized carbons (Fsp3) is 0.200. The van der Waals surface area contributed by atoms with Gasteiger partial charge >= 0.3 is 0 Å². The number of nitrogens with one attached hydrogen (secondary N) is 1. The lowest BCUT2D eigenvalue weighted by atomic mass is 10.3. The number of methoxy groups -OCH3 is 1. The summed E-state index contributed by atoms with van der Waals surface area (Å²) in [5.74, 6) is 7.30. The summed E-state index contributed by atoms with van der Waals surface area (Å²) in [6.45, 7) is 0.519. The number of thiazole rings is 1. The quantitative estimate of drug-likeness (QED) is 0.487. The van der Waals surface area contributed by atoms with Gasteiger partial charge in [0.1, 0.15) is 6.61 Å². The molecule has 0 fully saturated rings. The number of hydrogen-bond donors (Lipinski definition) is 1. The predicted molar refractivity (Wildman–Crippen MR) is 110 cm³/mol. The highest BCUT2D eigenvalue weighted by molar-refractivity contribution is 8.01. The van der Waals surface area contributed by atoms with Crippen LogP contribution in [0.1, 0.15) is 0 Å². The van der Waals surface area contributed by atoms with E-state index in [1.54, 1.807) is 18.4 Å². The Kier molecular flexibility index (Phi) is 6.97. The van der Waals surface area contributed by atoms with E-state index in [1.807, 2.05) is 48.5 Å². The molecular formula is C20H18N2O3S2. The summed E-state index contributed by atoms with van der Waals surface area (Å²) in [6.07, 6.45) is 0. The molecule has 3 aromatic rings. The summed E-state index contributed by atoms with van der Waals surface area (Å²) >= 11 is 3.02. The van der Waals surface area contributed by atoms with E-state index in [2.05, 4.69) is 22.1 Å². The molecule has 0 atom stereocenters. The number of para-hydroxylation sites is 3. The molecule has 0 saturated heterocycles. The first-order chi connectivity index (χ1) is 13.3. The minimum atomic E-state index is -0.0702. The standard InChI is InChI=1S/C20H18N2O3S2/c1-24-16-9-3-4-10-17(16)25-13-7-6-12-21-19(23)14-26-20-22-15-8-2-5-11-18(15)27-20/h2-5,8-11H,12-14H2,1H3,(H,21,23). The van der Waals surface area contributed by atoms with E-state index in [-0.39, 0.29) is 19.1 Å². The Labute approximate surface area is 166 Å². The lowest BCUT2D eigenvalue weighted by molar-refractivity contribution is -0.118. The van der Waals surface area contributed by atoms with Gasteiger partial charge < -0.3 is 14.8 Å². The van der Waals surface area contributed by atoms with Gasteiger partial charge in [-0.15, -0.1) is 11.3 Å². The Morgan fingerprint density at radius 3 is 2.74 bits per heavy atom. The third-order valence-corrected chi connectivity index (χ3v) is 5.65. The third-order valence-electron chi connectivity index (χ3n) is 3.47. The first-order valence-electron chi connectivity index (χ1n) is 8.23. The number of ether oxygens (including phenoxy) is 2. The zero-order chi connectivity index (χ0) is 18.9. The third kappa shape index (κ3) is 5.64. The lowest BCUT2D eigenvalue weighted by Crippen LogP contribution is -2.25. The molecule has 0 bridgehead atoms. The number of thioether (sulfide) groups is 1. The number of aromatic nitrogens is 1. The van der Waals surface area contributed by atoms with Gasteiger partial charge in [0.05, 0.1) is 29.6 Å². The van der Waals surface area contributed by atoms with Crippen molar-refractivity contribution in [1.29, 1.82) is 0 Å². The van der Waals surface area contributed by atoms with Crippen LogP contribution in [-0.2, 0) is 4.79 Å². The minimum absolute atomic E-state index is 0.0702. The number of rotatable bonds is 7. The van der Waals surface area contributed by atoms with Gasteiger partial charge in [-0.1, -0.05) is 47.9 Å². The molecular weight excluding hydrogens is 380 g/mol. The molecule has 1 amide bonds. The summed E-state index contributed by atoms with van der Waals surface area (Å²) in [5, 5.41) is 2.77. The second-order valence-corrected chi connectivity index (χ2v) is 7.56. The van der Waals surface area contributed by atoms with E-state index < -0.39 is 0 Å². The van der Waals surface area contributed by atoms with E-state index in [4.69, 9.17) is 9.47 Å². The topological polar surface area (TPSA) is 60.5 Å². The molecule has 0 aliphatic carbocycles. The molecule has 7 heteroatoms. The molecule has 5 nitrogen and oxygen atoms in total. The fourth-order valence-corrected chi connectivity index (χ4v) is 4.10. The average molecular weight is 399 g/mol. The highest BCUT2D eigenvalue weighted by atomic mass is 32.2. The highest BCUT2D eigenvalue weighted by Gasteiger charge is 2.06. The lowest BCUT2D eigenvalue weighted by Gasteiger charge is -2.07. The Bertz CT molecular complexity index is 943. The van der Waals surface area contributed by atoms with E-state index in [9.17, 15) is 4.79 Å². The number of benzene rings is 2. The SMILES string of the molecule is COc1ccccc1OCC#CCNC(=O)CSc1nc2ccccc2s1. The van der Waals surface area contributed by atoms with Gasteiger partial charge in [0.15, 0.2) is 15.8 Å². The predicted octanol–water partition coefficient (Wildman–Crippen LogP) is 3.60. The molecule has 1 heterocycles. The number of carbonyl (C=O) groups excluding carboxylic acids is 1. The normalized spacial score (nSPS) is 10.1. The zero-order valence-electron chi connectivity index (χ0n) is 14.7. The molecule has 27 heavy (non-hydrogen) atoms.